The molecule has 1 aromatic rings. The number of carboxylic acids is 1. The van der Waals surface area contributed by atoms with Gasteiger partial charge in [0.25, 0.3) is 0 Å². The highest BCUT2D eigenvalue weighted by Gasteiger charge is 2.29. The van der Waals surface area contributed by atoms with Crippen LogP contribution in [0.2, 0.25) is 0 Å². The number of unbranched alkanes of at least 4 members (excludes halogenated alkanes) is 1. The summed E-state index contributed by atoms with van der Waals surface area (Å²) in [6, 6.07) is -4.02. The summed E-state index contributed by atoms with van der Waals surface area (Å²) in [6.07, 6.45) is 6.80. The Balaban J connectivity index is 2.76. The third-order valence-corrected chi connectivity index (χ3v) is 5.96. The Bertz CT molecular complexity index is 781. The molecule has 0 fully saturated rings. The van der Waals surface area contributed by atoms with Crippen molar-refractivity contribution in [3.05, 3.63) is 18.2 Å². The zero-order chi connectivity index (χ0) is 25.5. The van der Waals surface area contributed by atoms with Crippen LogP contribution in [0.4, 0.5) is 0 Å². The van der Waals surface area contributed by atoms with Crippen molar-refractivity contribution in [3.8, 4) is 0 Å². The van der Waals surface area contributed by atoms with Crippen LogP contribution >= 0.6 is 24.4 Å². The average Bonchev–Trinajstić information content (AvgIpc) is 3.31. The summed E-state index contributed by atoms with van der Waals surface area (Å²) >= 11 is 5.61. The first-order valence-corrected chi connectivity index (χ1v) is 12.9. The third-order valence-electron chi connectivity index (χ3n) is 4.95. The number of carboxylic acid groups (broad SMARTS) is 1. The summed E-state index contributed by atoms with van der Waals surface area (Å²) in [5, 5.41) is 17.0. The highest BCUT2D eigenvalue weighted by molar-refractivity contribution is 7.98. The second-order valence-electron chi connectivity index (χ2n) is 7.66. The van der Waals surface area contributed by atoms with Gasteiger partial charge in [0, 0.05) is 24.1 Å². The maximum atomic E-state index is 12.9. The van der Waals surface area contributed by atoms with Gasteiger partial charge in [-0.05, 0) is 44.2 Å². The van der Waals surface area contributed by atoms with Crippen LogP contribution < -0.4 is 27.4 Å². The van der Waals surface area contributed by atoms with Crippen molar-refractivity contribution in [1.29, 1.82) is 0 Å². The molecule has 0 spiro atoms. The molecule has 14 heteroatoms. The molecule has 0 saturated heterocycles. The van der Waals surface area contributed by atoms with Crippen LogP contribution in [0.5, 0.6) is 0 Å². The number of carbonyl (C=O) groups excluding carboxylic acids is 3. The first kappa shape index (κ1) is 29.7. The summed E-state index contributed by atoms with van der Waals surface area (Å²) in [7, 11) is 0. The molecule has 192 valence electrons. The summed E-state index contributed by atoms with van der Waals surface area (Å²) in [6.45, 7) is 0.421. The van der Waals surface area contributed by atoms with Gasteiger partial charge in [-0.15, -0.1) is 0 Å². The highest BCUT2D eigenvalue weighted by Crippen LogP contribution is 2.05. The maximum Gasteiger partial charge on any atom is 0.326 e. The Labute approximate surface area is 208 Å². The van der Waals surface area contributed by atoms with E-state index in [1.165, 1.54) is 18.1 Å². The molecule has 4 unspecified atom stereocenters. The van der Waals surface area contributed by atoms with E-state index in [0.29, 0.717) is 37.3 Å². The fourth-order valence-electron chi connectivity index (χ4n) is 3.00. The lowest BCUT2D eigenvalue weighted by molar-refractivity contribution is -0.142. The standard InChI is InChI=1S/C20H35N7O5S2/c1-34-7-5-14(25-17(28)13(22)8-12-9-23-11-24-12)18(29)27-16(10-33)19(30)26-15(20(31)32)4-2-3-6-21/h9,11,13-16,33H,2-8,10,21-22H2,1H3,(H,23,24)(H,25,28)(H,26,30)(H,27,29)(H,31,32). The number of hydrogen-bond donors (Lipinski definition) is 8. The number of aliphatic carboxylic acids is 1. The van der Waals surface area contributed by atoms with E-state index in [9.17, 15) is 24.3 Å². The number of thiol groups is 1. The van der Waals surface area contributed by atoms with E-state index in [1.54, 1.807) is 6.20 Å². The number of thioether (sulfide) groups is 1. The lowest BCUT2D eigenvalue weighted by atomic mass is 10.1. The van der Waals surface area contributed by atoms with Gasteiger partial charge >= 0.3 is 5.97 Å². The Kier molecular flexibility index (Phi) is 14.3. The Morgan fingerprint density at radius 3 is 2.29 bits per heavy atom. The second kappa shape index (κ2) is 16.4. The van der Waals surface area contributed by atoms with Crippen molar-refractivity contribution in [2.75, 3.05) is 24.3 Å². The molecule has 0 aliphatic heterocycles. The topological polar surface area (TPSA) is 205 Å². The van der Waals surface area contributed by atoms with E-state index in [4.69, 9.17) is 11.5 Å². The van der Waals surface area contributed by atoms with Gasteiger partial charge in [-0.3, -0.25) is 14.4 Å². The minimum Gasteiger partial charge on any atom is -0.480 e. The molecule has 1 heterocycles. The molecule has 3 amide bonds. The van der Waals surface area contributed by atoms with Crippen molar-refractivity contribution < 1.29 is 24.3 Å². The maximum absolute atomic E-state index is 12.9. The molecule has 34 heavy (non-hydrogen) atoms. The monoisotopic (exact) mass is 517 g/mol. The lowest BCUT2D eigenvalue weighted by Gasteiger charge is -2.24. The molecule has 9 N–H and O–H groups in total. The molecular formula is C20H35N7O5S2. The third kappa shape index (κ3) is 10.8. The number of hydrogen-bond acceptors (Lipinski definition) is 9. The predicted octanol–water partition coefficient (Wildman–Crippen LogP) is -1.37. The van der Waals surface area contributed by atoms with Crippen LogP contribution in [0.1, 0.15) is 31.4 Å². The van der Waals surface area contributed by atoms with E-state index in [-0.39, 0.29) is 18.6 Å². The molecular weight excluding hydrogens is 482 g/mol. The van der Waals surface area contributed by atoms with Gasteiger partial charge in [0.15, 0.2) is 0 Å². The summed E-state index contributed by atoms with van der Waals surface area (Å²) in [5.41, 5.74) is 12.1. The van der Waals surface area contributed by atoms with Crippen molar-refractivity contribution in [1.82, 2.24) is 25.9 Å². The predicted molar refractivity (Wildman–Crippen MR) is 133 cm³/mol. The highest BCUT2D eigenvalue weighted by atomic mass is 32.2. The van der Waals surface area contributed by atoms with Crippen molar-refractivity contribution >= 4 is 48.1 Å². The smallest absolute Gasteiger partial charge is 0.326 e. The van der Waals surface area contributed by atoms with E-state index in [0.717, 1.165) is 0 Å². The Morgan fingerprint density at radius 1 is 1.09 bits per heavy atom. The minimum absolute atomic E-state index is 0.0603. The Hall–Kier alpha value is -2.29. The van der Waals surface area contributed by atoms with E-state index in [1.807, 2.05) is 6.26 Å². The van der Waals surface area contributed by atoms with E-state index >= 15 is 0 Å². The number of rotatable bonds is 17. The van der Waals surface area contributed by atoms with Crippen LogP contribution in [0.3, 0.4) is 0 Å². The zero-order valence-electron chi connectivity index (χ0n) is 19.2. The molecule has 0 saturated carbocycles. The van der Waals surface area contributed by atoms with E-state index in [2.05, 4.69) is 38.5 Å². The average molecular weight is 518 g/mol. The van der Waals surface area contributed by atoms with Crippen molar-refractivity contribution in [2.45, 2.75) is 56.3 Å². The number of carbonyl (C=O) groups is 4. The van der Waals surface area contributed by atoms with Gasteiger partial charge in [0.2, 0.25) is 17.7 Å². The zero-order valence-corrected chi connectivity index (χ0v) is 20.9. The van der Waals surface area contributed by atoms with Crippen LogP contribution in [0, 0.1) is 0 Å². The number of aromatic nitrogens is 2. The van der Waals surface area contributed by atoms with E-state index < -0.39 is 47.9 Å². The normalized spacial score (nSPS) is 14.5. The number of nitrogens with one attached hydrogen (secondary N) is 4. The first-order valence-electron chi connectivity index (χ1n) is 10.9. The quantitative estimate of drug-likeness (QED) is 0.0905. The fourth-order valence-corrected chi connectivity index (χ4v) is 3.73. The lowest BCUT2D eigenvalue weighted by Crippen LogP contribution is -2.58. The molecule has 0 aliphatic rings. The van der Waals surface area contributed by atoms with Crippen molar-refractivity contribution in [3.63, 3.8) is 0 Å². The molecule has 1 rings (SSSR count). The minimum atomic E-state index is -1.18. The molecule has 1 aromatic heterocycles. The number of imidazole rings is 1. The second-order valence-corrected chi connectivity index (χ2v) is 9.01. The number of nitrogens with zero attached hydrogens (tertiary/aromatic N) is 1. The van der Waals surface area contributed by atoms with Gasteiger partial charge < -0.3 is 37.5 Å². The first-order chi connectivity index (χ1) is 16.2. The molecule has 12 nitrogen and oxygen atoms in total. The van der Waals surface area contributed by atoms with Crippen LogP contribution in [0.25, 0.3) is 0 Å². The summed E-state index contributed by atoms with van der Waals surface area (Å²) in [4.78, 5) is 56.3. The van der Waals surface area contributed by atoms with Gasteiger partial charge in [-0.2, -0.15) is 24.4 Å². The molecule has 0 bridgehead atoms. The van der Waals surface area contributed by atoms with Crippen LogP contribution in [-0.4, -0.2) is 87.2 Å². The molecule has 0 aliphatic carbocycles. The number of aromatic amines is 1. The molecule has 4 atom stereocenters. The number of H-pyrrole nitrogens is 1. The van der Waals surface area contributed by atoms with Gasteiger partial charge in [-0.25, -0.2) is 9.78 Å². The van der Waals surface area contributed by atoms with Crippen LogP contribution in [-0.2, 0) is 25.6 Å². The summed E-state index contributed by atoms with van der Waals surface area (Å²) in [5.74, 6) is -2.43. The molecule has 0 radical (unpaired) electrons. The SMILES string of the molecule is CSCCC(NC(=O)C(N)Cc1cnc[nH]1)C(=O)NC(CS)C(=O)NC(CCCCN)C(=O)O. The summed E-state index contributed by atoms with van der Waals surface area (Å²) < 4.78 is 0. The molecule has 0 aromatic carbocycles. The number of amides is 3. The Morgan fingerprint density at radius 2 is 1.74 bits per heavy atom. The van der Waals surface area contributed by atoms with Gasteiger partial charge in [-0.1, -0.05) is 0 Å². The van der Waals surface area contributed by atoms with Crippen LogP contribution in [0.15, 0.2) is 12.5 Å². The van der Waals surface area contributed by atoms with Crippen molar-refractivity contribution in [2.24, 2.45) is 11.5 Å². The number of nitrogens with two attached hydrogens (primary N) is 2. The largest absolute Gasteiger partial charge is 0.480 e. The van der Waals surface area contributed by atoms with Gasteiger partial charge in [0.05, 0.1) is 12.4 Å². The van der Waals surface area contributed by atoms with Gasteiger partial charge in [0.1, 0.15) is 18.1 Å². The fraction of sp³-hybridized carbons (Fsp3) is 0.650.